The molecule has 1 amide bonds. The van der Waals surface area contributed by atoms with Gasteiger partial charge in [-0.05, 0) is 24.1 Å². The third kappa shape index (κ3) is 4.29. The number of pyridine rings is 1. The zero-order chi connectivity index (χ0) is 18.4. The summed E-state index contributed by atoms with van der Waals surface area (Å²) in [5, 5.41) is 0. The Morgan fingerprint density at radius 3 is 2.58 bits per heavy atom. The molecule has 0 aliphatic carbocycles. The molecule has 3 rings (SSSR count). The van der Waals surface area contributed by atoms with Crippen LogP contribution in [0.15, 0.2) is 54.7 Å². The molecular weight excluding hydrogens is 324 g/mol. The van der Waals surface area contributed by atoms with E-state index in [0.29, 0.717) is 6.54 Å². The highest BCUT2D eigenvalue weighted by Gasteiger charge is 2.39. The van der Waals surface area contributed by atoms with E-state index in [-0.39, 0.29) is 23.9 Å². The molecule has 26 heavy (non-hydrogen) atoms. The molecule has 1 fully saturated rings. The summed E-state index contributed by atoms with van der Waals surface area (Å²) in [4.78, 5) is 19.6. The van der Waals surface area contributed by atoms with Crippen molar-refractivity contribution in [3.05, 3.63) is 66.0 Å². The Morgan fingerprint density at radius 1 is 1.12 bits per heavy atom. The minimum Gasteiger partial charge on any atom is -0.335 e. The first-order chi connectivity index (χ1) is 12.7. The molecule has 2 aromatic rings. The number of nitrogens with zero attached hydrogens (tertiary/aromatic N) is 2. The second-order valence-electron chi connectivity index (χ2n) is 6.95. The first-order valence-electron chi connectivity index (χ1n) is 9.45. The largest absolute Gasteiger partial charge is 0.335 e. The molecule has 5 heteroatoms. The summed E-state index contributed by atoms with van der Waals surface area (Å²) in [6.07, 6.45) is 3.83. The van der Waals surface area contributed by atoms with Crippen molar-refractivity contribution < 1.29 is 4.79 Å². The van der Waals surface area contributed by atoms with Crippen molar-refractivity contribution in [3.63, 3.8) is 0 Å². The van der Waals surface area contributed by atoms with Gasteiger partial charge in [0.1, 0.15) is 6.04 Å². The van der Waals surface area contributed by atoms with E-state index in [1.807, 2.05) is 41.3 Å². The van der Waals surface area contributed by atoms with Gasteiger partial charge in [0.25, 0.3) is 0 Å². The highest BCUT2D eigenvalue weighted by atomic mass is 16.2. The summed E-state index contributed by atoms with van der Waals surface area (Å²) in [6.45, 7) is 5.59. The summed E-state index contributed by atoms with van der Waals surface area (Å²) in [5.41, 5.74) is 8.68. The molecule has 1 saturated heterocycles. The van der Waals surface area contributed by atoms with E-state index in [1.54, 1.807) is 6.20 Å². The van der Waals surface area contributed by atoms with Gasteiger partial charge in [-0.25, -0.2) is 10.9 Å². The van der Waals surface area contributed by atoms with Gasteiger partial charge in [-0.3, -0.25) is 9.78 Å². The van der Waals surface area contributed by atoms with E-state index < -0.39 is 0 Å². The van der Waals surface area contributed by atoms with Crippen molar-refractivity contribution in [2.45, 2.75) is 45.3 Å². The number of rotatable bonds is 7. The van der Waals surface area contributed by atoms with Crippen molar-refractivity contribution in [2.24, 2.45) is 5.92 Å². The third-order valence-electron chi connectivity index (χ3n) is 5.04. The predicted octanol–water partition coefficient (Wildman–Crippen LogP) is 3.06. The van der Waals surface area contributed by atoms with Gasteiger partial charge in [-0.2, -0.15) is 0 Å². The van der Waals surface area contributed by atoms with Crippen LogP contribution in [0.25, 0.3) is 0 Å². The average Bonchev–Trinajstić information content (AvgIpc) is 3.07. The normalized spacial score (nSPS) is 22.3. The summed E-state index contributed by atoms with van der Waals surface area (Å²) >= 11 is 0. The molecule has 1 aromatic heterocycles. The van der Waals surface area contributed by atoms with Crippen molar-refractivity contribution in [1.82, 2.24) is 20.7 Å². The van der Waals surface area contributed by atoms with Crippen LogP contribution in [0.4, 0.5) is 0 Å². The van der Waals surface area contributed by atoms with E-state index in [1.165, 1.54) is 5.56 Å². The number of benzene rings is 1. The van der Waals surface area contributed by atoms with Crippen molar-refractivity contribution in [2.75, 3.05) is 6.54 Å². The predicted molar refractivity (Wildman–Crippen MR) is 103 cm³/mol. The highest BCUT2D eigenvalue weighted by Crippen LogP contribution is 2.29. The van der Waals surface area contributed by atoms with Gasteiger partial charge in [0.15, 0.2) is 0 Å². The molecule has 0 saturated carbocycles. The Bertz CT molecular complexity index is 692. The van der Waals surface area contributed by atoms with Gasteiger partial charge < -0.3 is 4.90 Å². The Balaban J connectivity index is 1.72. The van der Waals surface area contributed by atoms with Crippen LogP contribution in [0, 0.1) is 5.92 Å². The fourth-order valence-electron chi connectivity index (χ4n) is 3.47. The zero-order valence-corrected chi connectivity index (χ0v) is 15.6. The topological polar surface area (TPSA) is 57.3 Å². The third-order valence-corrected chi connectivity index (χ3v) is 5.04. The number of hydrogen-bond donors (Lipinski definition) is 2. The maximum atomic E-state index is 13.2. The molecule has 0 spiro atoms. The van der Waals surface area contributed by atoms with Crippen LogP contribution in [-0.4, -0.2) is 28.4 Å². The maximum Gasteiger partial charge on any atom is 0.241 e. The van der Waals surface area contributed by atoms with Crippen molar-refractivity contribution in [3.8, 4) is 0 Å². The van der Waals surface area contributed by atoms with Crippen LogP contribution >= 0.6 is 0 Å². The monoisotopic (exact) mass is 352 g/mol. The molecule has 3 unspecified atom stereocenters. The van der Waals surface area contributed by atoms with E-state index in [2.05, 4.69) is 41.8 Å². The minimum atomic E-state index is -0.235. The Hall–Kier alpha value is -2.24. The van der Waals surface area contributed by atoms with Crippen LogP contribution in [0.2, 0.25) is 0 Å². The van der Waals surface area contributed by atoms with Crippen LogP contribution in [-0.2, 0) is 11.3 Å². The van der Waals surface area contributed by atoms with Crippen molar-refractivity contribution >= 4 is 5.91 Å². The second kappa shape index (κ2) is 8.92. The molecule has 5 nitrogen and oxygen atoms in total. The fourth-order valence-corrected chi connectivity index (χ4v) is 3.47. The quantitative estimate of drug-likeness (QED) is 0.804. The second-order valence-corrected chi connectivity index (χ2v) is 6.95. The van der Waals surface area contributed by atoms with E-state index in [0.717, 1.165) is 25.1 Å². The van der Waals surface area contributed by atoms with Gasteiger partial charge in [-0.1, -0.05) is 56.7 Å². The van der Waals surface area contributed by atoms with Crippen LogP contribution < -0.4 is 10.9 Å². The van der Waals surface area contributed by atoms with Gasteiger partial charge >= 0.3 is 0 Å². The van der Waals surface area contributed by atoms with Gasteiger partial charge in [0.2, 0.25) is 5.91 Å². The maximum absolute atomic E-state index is 13.2. The first kappa shape index (κ1) is 18.5. The number of amides is 1. The minimum absolute atomic E-state index is 0.132. The molecular formula is C21H28N4O. The summed E-state index contributed by atoms with van der Waals surface area (Å²) in [5.74, 6) is 0.306. The molecule has 138 valence electrons. The summed E-state index contributed by atoms with van der Waals surface area (Å²) in [6, 6.07) is 16.0. The highest BCUT2D eigenvalue weighted by molar-refractivity contribution is 5.82. The number of carbonyl (C=O) groups is 1. The van der Waals surface area contributed by atoms with Gasteiger partial charge in [0.05, 0.1) is 18.3 Å². The summed E-state index contributed by atoms with van der Waals surface area (Å²) < 4.78 is 0. The number of hydrazine groups is 1. The lowest BCUT2D eigenvalue weighted by molar-refractivity contribution is -0.134. The Kier molecular flexibility index (Phi) is 6.36. The molecule has 2 N–H and O–H groups in total. The lowest BCUT2D eigenvalue weighted by Crippen LogP contribution is -2.47. The van der Waals surface area contributed by atoms with E-state index >= 15 is 0 Å². The molecule has 2 heterocycles. The van der Waals surface area contributed by atoms with E-state index in [9.17, 15) is 4.79 Å². The van der Waals surface area contributed by atoms with Gasteiger partial charge in [0, 0.05) is 18.7 Å². The molecule has 1 aromatic carbocycles. The van der Waals surface area contributed by atoms with Crippen LogP contribution in [0.1, 0.15) is 44.0 Å². The first-order valence-corrected chi connectivity index (χ1v) is 9.45. The Labute approximate surface area is 155 Å². The van der Waals surface area contributed by atoms with Crippen LogP contribution in [0.3, 0.4) is 0 Å². The molecule has 0 radical (unpaired) electrons. The number of nitrogens with one attached hydrogen (secondary N) is 2. The molecule has 1 aliphatic heterocycles. The zero-order valence-electron chi connectivity index (χ0n) is 15.6. The van der Waals surface area contributed by atoms with E-state index in [4.69, 9.17) is 0 Å². The Morgan fingerprint density at radius 2 is 1.88 bits per heavy atom. The molecule has 3 atom stereocenters. The standard InChI is InChI=1S/C21H28N4O/c1-3-4-14-25(15-18-12-8-9-13-22-18)21(26)20-16(2)19(23-24-20)17-10-6-5-7-11-17/h5-13,16,19-20,23-24H,3-4,14-15H2,1-2H3. The summed E-state index contributed by atoms with van der Waals surface area (Å²) in [7, 11) is 0. The van der Waals surface area contributed by atoms with Crippen molar-refractivity contribution in [1.29, 1.82) is 0 Å². The molecule has 0 bridgehead atoms. The number of carbonyl (C=O) groups excluding carboxylic acids is 1. The number of unbranched alkanes of at least 4 members (excludes halogenated alkanes) is 1. The number of aromatic nitrogens is 1. The number of hydrogen-bond acceptors (Lipinski definition) is 4. The SMILES string of the molecule is CCCCN(Cc1ccccn1)C(=O)C1NNC(c2ccccc2)C1C. The van der Waals surface area contributed by atoms with Crippen LogP contribution in [0.5, 0.6) is 0 Å². The lowest BCUT2D eigenvalue weighted by atomic mass is 9.90. The van der Waals surface area contributed by atoms with Gasteiger partial charge in [-0.15, -0.1) is 0 Å². The fraction of sp³-hybridized carbons (Fsp3) is 0.429. The smallest absolute Gasteiger partial charge is 0.241 e. The lowest BCUT2D eigenvalue weighted by Gasteiger charge is -2.27. The molecule has 1 aliphatic rings. The average molecular weight is 352 g/mol.